The first-order chi connectivity index (χ1) is 13.1. The molecule has 28 heavy (non-hydrogen) atoms. The second kappa shape index (κ2) is 8.53. The maximum absolute atomic E-state index is 14.2. The first-order valence-electron chi connectivity index (χ1n) is 8.33. The summed E-state index contributed by atoms with van der Waals surface area (Å²) in [5, 5.41) is -0.670. The van der Waals surface area contributed by atoms with E-state index in [-0.39, 0.29) is 5.92 Å². The number of esters is 2. The maximum Gasteiger partial charge on any atom is 0.330 e. The van der Waals surface area contributed by atoms with Gasteiger partial charge in [0, 0.05) is 18.7 Å². The molecule has 0 heterocycles. The number of benzene rings is 1. The highest BCUT2D eigenvalue weighted by Gasteiger charge is 2.61. The number of allylic oxidation sites excluding steroid dienone is 1. The summed E-state index contributed by atoms with van der Waals surface area (Å²) in [6.07, 6.45) is 2.74. The topological polar surface area (TPSA) is 61.8 Å². The lowest BCUT2D eigenvalue weighted by Gasteiger charge is -2.13. The van der Waals surface area contributed by atoms with Crippen LogP contribution in [-0.2, 0) is 37.0 Å². The van der Waals surface area contributed by atoms with Crippen molar-refractivity contribution in [1.29, 1.82) is 0 Å². The molecule has 154 valence electrons. The Bertz CT molecular complexity index is 793. The molecule has 1 aromatic carbocycles. The lowest BCUT2D eigenvalue weighted by molar-refractivity contribution is -0.147. The molecule has 2 rings (SSSR count). The third-order valence-corrected chi connectivity index (χ3v) is 5.29. The summed E-state index contributed by atoms with van der Waals surface area (Å²) in [4.78, 5) is 23.5. The minimum Gasteiger partial charge on any atom is -0.466 e. The third-order valence-electron chi connectivity index (χ3n) is 4.90. The van der Waals surface area contributed by atoms with Crippen molar-refractivity contribution in [2.24, 2.45) is 17.3 Å². The normalized spacial score (nSPS) is 20.3. The van der Waals surface area contributed by atoms with Gasteiger partial charge in [-0.3, -0.25) is 4.79 Å². The molecule has 0 saturated heterocycles. The molecule has 1 aliphatic carbocycles. The second-order valence-electron chi connectivity index (χ2n) is 6.96. The van der Waals surface area contributed by atoms with Crippen LogP contribution in [0.2, 0.25) is 5.02 Å². The summed E-state index contributed by atoms with van der Waals surface area (Å²) >= 11 is 5.78. The van der Waals surface area contributed by atoms with Gasteiger partial charge in [0.05, 0.1) is 30.2 Å². The van der Waals surface area contributed by atoms with E-state index >= 15 is 0 Å². The number of methoxy groups -OCH3 is 2. The van der Waals surface area contributed by atoms with E-state index in [9.17, 15) is 22.8 Å². The van der Waals surface area contributed by atoms with Gasteiger partial charge in [0.1, 0.15) is 6.61 Å². The molecule has 0 unspecified atom stereocenters. The van der Waals surface area contributed by atoms with Crippen LogP contribution in [0.15, 0.2) is 12.2 Å². The number of carbonyl (C=O) groups excluding carboxylic acids is 2. The molecule has 0 aliphatic heterocycles. The van der Waals surface area contributed by atoms with Crippen molar-refractivity contribution >= 4 is 23.5 Å². The van der Waals surface area contributed by atoms with E-state index in [0.717, 1.165) is 0 Å². The molecule has 9 heteroatoms. The molecule has 0 N–H and O–H groups in total. The standard InChI is InChI=1S/C19H20ClF3O5/c1-19(2)11(5-6-12(24)27-4)13(19)18(25)28-8-9-14(20)15(21)10(7-26-3)17(23)16(9)22/h5-6,11,13H,7-8H2,1-4H3/b6-5-/t11-,13-/m0/s1. The summed E-state index contributed by atoms with van der Waals surface area (Å²) < 4.78 is 56.6. The minimum absolute atomic E-state index is 0.294. The van der Waals surface area contributed by atoms with Crippen LogP contribution in [0.4, 0.5) is 13.2 Å². The van der Waals surface area contributed by atoms with Gasteiger partial charge in [0.2, 0.25) is 0 Å². The van der Waals surface area contributed by atoms with Crippen LogP contribution < -0.4 is 0 Å². The Balaban J connectivity index is 2.13. The summed E-state index contributed by atoms with van der Waals surface area (Å²) in [6.45, 7) is 2.35. The predicted octanol–water partition coefficient (Wildman–Crippen LogP) is 3.95. The first-order valence-corrected chi connectivity index (χ1v) is 8.71. The molecule has 1 aromatic rings. The second-order valence-corrected chi connectivity index (χ2v) is 7.34. The smallest absolute Gasteiger partial charge is 0.330 e. The monoisotopic (exact) mass is 420 g/mol. The van der Waals surface area contributed by atoms with E-state index in [0.29, 0.717) is 0 Å². The van der Waals surface area contributed by atoms with Crippen LogP contribution >= 0.6 is 11.6 Å². The van der Waals surface area contributed by atoms with E-state index in [1.165, 1.54) is 26.4 Å². The molecular formula is C19H20ClF3O5. The Hall–Kier alpha value is -2.06. The SMILES string of the molecule is COCc1c(F)c(F)c(COC(=O)[C@@H]2[C@H](/C=C\C(=O)OC)C2(C)C)c(Cl)c1F. The fourth-order valence-electron chi connectivity index (χ4n) is 3.09. The quantitative estimate of drug-likeness (QED) is 0.380. The maximum atomic E-state index is 14.2. The molecule has 1 saturated carbocycles. The molecule has 1 fully saturated rings. The van der Waals surface area contributed by atoms with Crippen molar-refractivity contribution in [2.75, 3.05) is 14.2 Å². The van der Waals surface area contributed by atoms with Gasteiger partial charge < -0.3 is 14.2 Å². The van der Waals surface area contributed by atoms with E-state index in [4.69, 9.17) is 16.3 Å². The molecule has 0 radical (unpaired) electrons. The fraction of sp³-hybridized carbons (Fsp3) is 0.474. The van der Waals surface area contributed by atoms with Crippen LogP contribution in [0.3, 0.4) is 0 Å². The fourth-order valence-corrected chi connectivity index (χ4v) is 3.34. The van der Waals surface area contributed by atoms with Gasteiger partial charge in [-0.2, -0.15) is 0 Å². The van der Waals surface area contributed by atoms with Crippen molar-refractivity contribution in [2.45, 2.75) is 27.1 Å². The van der Waals surface area contributed by atoms with Crippen molar-refractivity contribution in [1.82, 2.24) is 0 Å². The summed E-state index contributed by atoms with van der Waals surface area (Å²) in [5.74, 6) is -6.16. The number of carbonyl (C=O) groups is 2. The van der Waals surface area contributed by atoms with Crippen molar-refractivity contribution in [3.05, 3.63) is 45.8 Å². The largest absolute Gasteiger partial charge is 0.466 e. The van der Waals surface area contributed by atoms with Gasteiger partial charge >= 0.3 is 11.9 Å². The average Bonchev–Trinajstić information content (AvgIpc) is 3.21. The van der Waals surface area contributed by atoms with Gasteiger partial charge in [0.15, 0.2) is 17.5 Å². The zero-order valence-corrected chi connectivity index (χ0v) is 16.5. The lowest BCUT2D eigenvalue weighted by atomic mass is 10.1. The van der Waals surface area contributed by atoms with E-state index in [1.54, 1.807) is 13.8 Å². The highest BCUT2D eigenvalue weighted by molar-refractivity contribution is 6.31. The number of hydrogen-bond acceptors (Lipinski definition) is 5. The molecule has 0 spiro atoms. The van der Waals surface area contributed by atoms with Gasteiger partial charge in [-0.05, 0) is 11.3 Å². The van der Waals surface area contributed by atoms with E-state index in [2.05, 4.69) is 9.47 Å². The van der Waals surface area contributed by atoms with Crippen molar-refractivity contribution in [3.63, 3.8) is 0 Å². The third kappa shape index (κ3) is 4.17. The van der Waals surface area contributed by atoms with Crippen LogP contribution in [0, 0.1) is 34.7 Å². The summed E-state index contributed by atoms with van der Waals surface area (Å²) in [6, 6.07) is 0. The van der Waals surface area contributed by atoms with Gasteiger partial charge in [-0.1, -0.05) is 31.5 Å². The van der Waals surface area contributed by atoms with Gasteiger partial charge in [-0.15, -0.1) is 0 Å². The van der Waals surface area contributed by atoms with Gasteiger partial charge in [0.25, 0.3) is 0 Å². The predicted molar refractivity (Wildman–Crippen MR) is 93.8 cm³/mol. The zero-order valence-electron chi connectivity index (χ0n) is 15.8. The molecule has 0 bridgehead atoms. The number of hydrogen-bond donors (Lipinski definition) is 0. The average molecular weight is 421 g/mol. The van der Waals surface area contributed by atoms with E-state index < -0.39 is 70.1 Å². The highest BCUT2D eigenvalue weighted by Crippen LogP contribution is 2.59. The Morgan fingerprint density at radius 2 is 1.68 bits per heavy atom. The van der Waals surface area contributed by atoms with Crippen molar-refractivity contribution < 1.29 is 37.0 Å². The summed E-state index contributed by atoms with van der Waals surface area (Å²) in [7, 11) is 2.42. The van der Waals surface area contributed by atoms with E-state index in [1.807, 2.05) is 0 Å². The highest BCUT2D eigenvalue weighted by atomic mass is 35.5. The lowest BCUT2D eigenvalue weighted by Crippen LogP contribution is -2.13. The van der Waals surface area contributed by atoms with Gasteiger partial charge in [-0.25, -0.2) is 18.0 Å². The number of rotatable bonds is 7. The molecule has 5 nitrogen and oxygen atoms in total. The van der Waals surface area contributed by atoms with Crippen LogP contribution in [0.5, 0.6) is 0 Å². The summed E-state index contributed by atoms with van der Waals surface area (Å²) in [5.41, 5.74) is -1.73. The zero-order chi connectivity index (χ0) is 21.2. The van der Waals surface area contributed by atoms with Crippen LogP contribution in [0.25, 0.3) is 0 Å². The van der Waals surface area contributed by atoms with Crippen molar-refractivity contribution in [3.8, 4) is 0 Å². The Morgan fingerprint density at radius 1 is 1.07 bits per heavy atom. The Morgan fingerprint density at radius 3 is 2.25 bits per heavy atom. The number of halogens is 4. The van der Waals surface area contributed by atoms with Crippen LogP contribution in [0.1, 0.15) is 25.0 Å². The molecule has 0 amide bonds. The molecular weight excluding hydrogens is 401 g/mol. The van der Waals surface area contributed by atoms with Crippen LogP contribution in [-0.4, -0.2) is 26.2 Å². The Labute approximate surface area is 165 Å². The molecule has 0 aromatic heterocycles. The Kier molecular flexibility index (Phi) is 6.77. The minimum atomic E-state index is -1.44. The molecule has 2 atom stereocenters. The first kappa shape index (κ1) is 22.2. The molecule has 1 aliphatic rings. The number of ether oxygens (including phenoxy) is 3.